The first-order valence-corrected chi connectivity index (χ1v) is 6.71. The predicted molar refractivity (Wildman–Crippen MR) is 67.4 cm³/mol. The summed E-state index contributed by atoms with van der Waals surface area (Å²) in [5, 5.41) is 0.185. The highest BCUT2D eigenvalue weighted by Crippen LogP contribution is 2.55. The first-order valence-electron chi connectivity index (χ1n) is 6.33. The number of fused-ring (bicyclic) bond motifs is 1. The summed E-state index contributed by atoms with van der Waals surface area (Å²) >= 11 is 5.66. The Morgan fingerprint density at radius 2 is 2.00 bits per heavy atom. The molecule has 3 atom stereocenters. The Morgan fingerprint density at radius 3 is 2.65 bits per heavy atom. The minimum atomic E-state index is -0.342. The Balaban J connectivity index is 1.63. The lowest BCUT2D eigenvalue weighted by molar-refractivity contribution is 0.392. The third-order valence-electron chi connectivity index (χ3n) is 4.34. The van der Waals surface area contributed by atoms with Gasteiger partial charge in [-0.25, -0.2) is 4.39 Å². The topological polar surface area (TPSA) is 26.0 Å². The zero-order valence-corrected chi connectivity index (χ0v) is 10.5. The highest BCUT2D eigenvalue weighted by molar-refractivity contribution is 6.30. The van der Waals surface area contributed by atoms with Gasteiger partial charge in [-0.1, -0.05) is 17.7 Å². The van der Waals surface area contributed by atoms with Crippen LogP contribution in [0.1, 0.15) is 24.8 Å². The molecule has 2 aliphatic carbocycles. The van der Waals surface area contributed by atoms with Gasteiger partial charge in [0.1, 0.15) is 5.82 Å². The SMILES string of the molecule is NC(Cc1ccc(Cl)c(F)c1)C1CC2CC2C1. The number of hydrogen-bond donors (Lipinski definition) is 1. The Bertz CT molecular complexity index is 424. The highest BCUT2D eigenvalue weighted by atomic mass is 35.5. The van der Waals surface area contributed by atoms with Crippen LogP contribution in [-0.4, -0.2) is 6.04 Å². The van der Waals surface area contributed by atoms with Gasteiger partial charge in [0.2, 0.25) is 0 Å². The molecule has 2 saturated carbocycles. The molecule has 2 N–H and O–H groups in total. The van der Waals surface area contributed by atoms with Gasteiger partial charge in [-0.3, -0.25) is 0 Å². The van der Waals surface area contributed by atoms with E-state index in [9.17, 15) is 4.39 Å². The lowest BCUT2D eigenvalue weighted by Crippen LogP contribution is -2.31. The molecular formula is C14H17ClFN. The van der Waals surface area contributed by atoms with Gasteiger partial charge >= 0.3 is 0 Å². The predicted octanol–water partition coefficient (Wildman–Crippen LogP) is 3.40. The Kier molecular flexibility index (Phi) is 2.87. The van der Waals surface area contributed by atoms with Crippen molar-refractivity contribution in [3.8, 4) is 0 Å². The lowest BCUT2D eigenvalue weighted by Gasteiger charge is -2.20. The van der Waals surface area contributed by atoms with Crippen molar-refractivity contribution in [2.45, 2.75) is 31.7 Å². The molecule has 0 bridgehead atoms. The van der Waals surface area contributed by atoms with Gasteiger partial charge in [0, 0.05) is 6.04 Å². The van der Waals surface area contributed by atoms with Crippen LogP contribution in [0.3, 0.4) is 0 Å². The maximum absolute atomic E-state index is 13.3. The molecule has 1 aromatic rings. The summed E-state index contributed by atoms with van der Waals surface area (Å²) in [6.07, 6.45) is 4.74. The van der Waals surface area contributed by atoms with E-state index in [1.54, 1.807) is 6.07 Å². The number of rotatable bonds is 3. The van der Waals surface area contributed by atoms with E-state index in [0.29, 0.717) is 5.92 Å². The van der Waals surface area contributed by atoms with Crippen LogP contribution in [0.15, 0.2) is 18.2 Å². The first kappa shape index (κ1) is 11.5. The summed E-state index contributed by atoms with van der Waals surface area (Å²) in [6.45, 7) is 0. The van der Waals surface area contributed by atoms with Crippen LogP contribution in [0, 0.1) is 23.6 Å². The largest absolute Gasteiger partial charge is 0.327 e. The van der Waals surface area contributed by atoms with Crippen molar-refractivity contribution >= 4 is 11.6 Å². The van der Waals surface area contributed by atoms with E-state index < -0.39 is 0 Å². The normalized spacial score (nSPS) is 32.3. The maximum Gasteiger partial charge on any atom is 0.142 e. The smallest absolute Gasteiger partial charge is 0.142 e. The number of nitrogens with two attached hydrogens (primary N) is 1. The van der Waals surface area contributed by atoms with Crippen LogP contribution >= 0.6 is 11.6 Å². The monoisotopic (exact) mass is 253 g/mol. The van der Waals surface area contributed by atoms with Crippen molar-refractivity contribution in [2.75, 3.05) is 0 Å². The third kappa shape index (κ3) is 2.34. The minimum Gasteiger partial charge on any atom is -0.327 e. The number of hydrogen-bond acceptors (Lipinski definition) is 1. The van der Waals surface area contributed by atoms with Crippen LogP contribution in [0.2, 0.25) is 5.02 Å². The van der Waals surface area contributed by atoms with Gasteiger partial charge in [0.25, 0.3) is 0 Å². The van der Waals surface area contributed by atoms with Crippen LogP contribution in [-0.2, 0) is 6.42 Å². The second-order valence-corrected chi connectivity index (χ2v) is 6.01. The van der Waals surface area contributed by atoms with Crippen molar-refractivity contribution in [2.24, 2.45) is 23.5 Å². The summed E-state index contributed by atoms with van der Waals surface area (Å²) in [5.74, 6) is 2.20. The van der Waals surface area contributed by atoms with Crippen molar-refractivity contribution in [1.82, 2.24) is 0 Å². The van der Waals surface area contributed by atoms with Crippen LogP contribution in [0.4, 0.5) is 4.39 Å². The summed E-state index contributed by atoms with van der Waals surface area (Å²) in [7, 11) is 0. The molecule has 0 saturated heterocycles. The van der Waals surface area contributed by atoms with E-state index >= 15 is 0 Å². The van der Waals surface area contributed by atoms with E-state index in [2.05, 4.69) is 0 Å². The fourth-order valence-corrected chi connectivity index (χ4v) is 3.33. The molecule has 0 amide bonds. The molecule has 17 heavy (non-hydrogen) atoms. The highest BCUT2D eigenvalue weighted by Gasteiger charge is 2.47. The molecule has 3 rings (SSSR count). The van der Waals surface area contributed by atoms with Crippen molar-refractivity contribution < 1.29 is 4.39 Å². The van der Waals surface area contributed by atoms with E-state index in [4.69, 9.17) is 17.3 Å². The molecule has 1 aromatic carbocycles. The zero-order valence-electron chi connectivity index (χ0n) is 9.70. The molecule has 2 fully saturated rings. The molecule has 0 radical (unpaired) electrons. The molecule has 92 valence electrons. The van der Waals surface area contributed by atoms with Crippen molar-refractivity contribution in [3.63, 3.8) is 0 Å². The molecule has 0 aromatic heterocycles. The molecule has 3 heteroatoms. The molecule has 3 unspecified atom stereocenters. The van der Waals surface area contributed by atoms with Crippen LogP contribution < -0.4 is 5.73 Å². The summed E-state index contributed by atoms with van der Waals surface area (Å²) in [6, 6.07) is 5.17. The van der Waals surface area contributed by atoms with Gasteiger partial charge in [-0.2, -0.15) is 0 Å². The van der Waals surface area contributed by atoms with Gasteiger partial charge < -0.3 is 5.73 Å². The maximum atomic E-state index is 13.3. The van der Waals surface area contributed by atoms with Gasteiger partial charge in [-0.15, -0.1) is 0 Å². The van der Waals surface area contributed by atoms with Crippen molar-refractivity contribution in [3.05, 3.63) is 34.6 Å². The van der Waals surface area contributed by atoms with E-state index in [1.165, 1.54) is 25.3 Å². The van der Waals surface area contributed by atoms with Crippen molar-refractivity contribution in [1.29, 1.82) is 0 Å². The second-order valence-electron chi connectivity index (χ2n) is 5.60. The first-order chi connectivity index (χ1) is 8.13. The Morgan fingerprint density at radius 1 is 1.29 bits per heavy atom. The number of halogens is 2. The third-order valence-corrected chi connectivity index (χ3v) is 4.65. The van der Waals surface area contributed by atoms with Gasteiger partial charge in [-0.05, 0) is 61.1 Å². The quantitative estimate of drug-likeness (QED) is 0.878. The van der Waals surface area contributed by atoms with E-state index in [0.717, 1.165) is 23.8 Å². The average molecular weight is 254 g/mol. The Labute approximate surface area is 106 Å². The second kappa shape index (κ2) is 4.25. The molecular weight excluding hydrogens is 237 g/mol. The van der Waals surface area contributed by atoms with E-state index in [-0.39, 0.29) is 16.9 Å². The zero-order chi connectivity index (χ0) is 12.0. The fraction of sp³-hybridized carbons (Fsp3) is 0.571. The molecule has 2 aliphatic rings. The molecule has 0 heterocycles. The minimum absolute atomic E-state index is 0.170. The summed E-state index contributed by atoms with van der Waals surface area (Å²) < 4.78 is 13.3. The lowest BCUT2D eigenvalue weighted by atomic mass is 9.90. The standard InChI is InChI=1S/C14H17ClFN/c15-12-2-1-8(3-13(12)16)4-14(17)11-6-9-5-10(9)7-11/h1-3,9-11,14H,4-7,17H2. The van der Waals surface area contributed by atoms with Crippen LogP contribution in [0.25, 0.3) is 0 Å². The Hall–Kier alpha value is -0.600. The fourth-order valence-electron chi connectivity index (χ4n) is 3.22. The number of benzene rings is 1. The van der Waals surface area contributed by atoms with Gasteiger partial charge in [0.05, 0.1) is 5.02 Å². The molecule has 0 spiro atoms. The summed E-state index contributed by atoms with van der Waals surface area (Å²) in [5.41, 5.74) is 7.18. The average Bonchev–Trinajstić information content (AvgIpc) is 2.91. The summed E-state index contributed by atoms with van der Waals surface area (Å²) in [4.78, 5) is 0. The molecule has 1 nitrogen and oxygen atoms in total. The molecule has 0 aliphatic heterocycles. The van der Waals surface area contributed by atoms with E-state index in [1.807, 2.05) is 6.07 Å². The van der Waals surface area contributed by atoms with Crippen LogP contribution in [0.5, 0.6) is 0 Å². The van der Waals surface area contributed by atoms with Gasteiger partial charge in [0.15, 0.2) is 0 Å².